The average molecular weight is 852 g/mol. The SMILES string of the molecule is CN1CCC(Nc2ccc(S(=O)(=O)NC(=O)c3ccc(N4CCN(CC5=C(c6ccc(Cl)cc6)CCCCC5)CC4)cc3Oc3cccc4[nH]ccc34)cc2[N+](=O)[O-])CC1. The van der Waals surface area contributed by atoms with Crippen LogP contribution in [0.4, 0.5) is 17.1 Å². The summed E-state index contributed by atoms with van der Waals surface area (Å²) in [5.74, 6) is -0.257. The van der Waals surface area contributed by atoms with Crippen molar-refractivity contribution in [3.63, 3.8) is 0 Å². The number of hydrogen-bond acceptors (Lipinski definition) is 10. The number of benzene rings is 4. The van der Waals surface area contributed by atoms with E-state index < -0.39 is 25.7 Å². The average Bonchev–Trinajstić information content (AvgIpc) is 3.62. The highest BCUT2D eigenvalue weighted by atomic mass is 35.5. The number of aromatic nitrogens is 1. The van der Waals surface area contributed by atoms with Crippen LogP contribution in [0.2, 0.25) is 5.02 Å². The van der Waals surface area contributed by atoms with Gasteiger partial charge < -0.3 is 24.8 Å². The second-order valence-corrected chi connectivity index (χ2v) is 18.1. The number of fused-ring (bicyclic) bond motifs is 1. The van der Waals surface area contributed by atoms with Crippen LogP contribution in [0, 0.1) is 10.1 Å². The molecule has 4 aromatic carbocycles. The molecule has 8 rings (SSSR count). The number of anilines is 2. The van der Waals surface area contributed by atoms with Crippen LogP contribution in [0.1, 0.15) is 60.9 Å². The molecule has 5 aromatic rings. The number of rotatable bonds is 12. The van der Waals surface area contributed by atoms with Crippen LogP contribution in [-0.4, -0.2) is 92.9 Å². The molecular formula is C45H50ClN7O6S. The van der Waals surface area contributed by atoms with Gasteiger partial charge in [-0.1, -0.05) is 41.8 Å². The van der Waals surface area contributed by atoms with E-state index in [-0.39, 0.29) is 28.7 Å². The Morgan fingerprint density at radius 1 is 0.900 bits per heavy atom. The highest BCUT2D eigenvalue weighted by molar-refractivity contribution is 7.90. The molecule has 0 atom stereocenters. The molecule has 1 aliphatic carbocycles. The van der Waals surface area contributed by atoms with Gasteiger partial charge in [0.1, 0.15) is 17.2 Å². The van der Waals surface area contributed by atoms with Crippen molar-refractivity contribution in [1.29, 1.82) is 0 Å². The summed E-state index contributed by atoms with van der Waals surface area (Å²) in [6.07, 6.45) is 9.15. The number of aromatic amines is 1. The highest BCUT2D eigenvalue weighted by Crippen LogP contribution is 2.36. The van der Waals surface area contributed by atoms with E-state index in [2.05, 4.69) is 41.9 Å². The van der Waals surface area contributed by atoms with E-state index in [1.165, 1.54) is 48.1 Å². The number of allylic oxidation sites excluding steroid dienone is 1. The molecule has 0 radical (unpaired) electrons. The van der Waals surface area contributed by atoms with Crippen LogP contribution >= 0.6 is 11.6 Å². The van der Waals surface area contributed by atoms with Gasteiger partial charge in [-0.25, -0.2) is 13.1 Å². The standard InChI is InChI=1S/C45H50ClN7O6S/c1-50-22-19-34(20-23-50)48-41-17-15-36(29-42(41)53(55)56)60(57,58)49-45(54)39-16-14-35(28-44(39)59-43-9-5-8-40-38(43)18-21-47-40)52-26-24-51(25-27-52)30-32-6-3-2-4-7-37(32)31-10-12-33(46)13-11-31/h5,8-18,21,28-29,34,47-48H,2-4,6-7,19-20,22-27,30H2,1H3,(H,49,54). The fourth-order valence-corrected chi connectivity index (χ4v) is 9.67. The lowest BCUT2D eigenvalue weighted by Crippen LogP contribution is -2.47. The molecule has 0 unspecified atom stereocenters. The zero-order chi connectivity index (χ0) is 41.8. The smallest absolute Gasteiger partial charge is 0.293 e. The summed E-state index contributed by atoms with van der Waals surface area (Å²) in [6, 6.07) is 24.5. The van der Waals surface area contributed by atoms with Crippen LogP contribution < -0.4 is 19.7 Å². The Labute approximate surface area is 355 Å². The molecule has 13 nitrogen and oxygen atoms in total. The quantitative estimate of drug-likeness (QED) is 0.0821. The first-order valence-corrected chi connectivity index (χ1v) is 22.5. The molecule has 3 N–H and O–H groups in total. The molecule has 2 fully saturated rings. The summed E-state index contributed by atoms with van der Waals surface area (Å²) in [5.41, 5.74) is 5.72. The number of ether oxygens (including phenoxy) is 1. The van der Waals surface area contributed by atoms with Gasteiger partial charge >= 0.3 is 0 Å². The second kappa shape index (κ2) is 18.1. The molecular weight excluding hydrogens is 802 g/mol. The number of likely N-dealkylation sites (tertiary alicyclic amines) is 1. The summed E-state index contributed by atoms with van der Waals surface area (Å²) in [7, 11) is -2.51. The van der Waals surface area contributed by atoms with E-state index in [9.17, 15) is 23.3 Å². The molecule has 1 aromatic heterocycles. The zero-order valence-electron chi connectivity index (χ0n) is 33.7. The van der Waals surface area contributed by atoms with Crippen LogP contribution in [0.3, 0.4) is 0 Å². The molecule has 0 spiro atoms. The number of piperidine rings is 1. The molecule has 3 heterocycles. The summed E-state index contributed by atoms with van der Waals surface area (Å²) < 4.78 is 36.0. The number of carbonyl (C=O) groups is 1. The lowest BCUT2D eigenvalue weighted by Gasteiger charge is -2.37. The first kappa shape index (κ1) is 41.3. The molecule has 2 aliphatic heterocycles. The largest absolute Gasteiger partial charge is 0.456 e. The van der Waals surface area contributed by atoms with Crippen LogP contribution in [-0.2, 0) is 10.0 Å². The van der Waals surface area contributed by atoms with Crippen LogP contribution in [0.25, 0.3) is 16.5 Å². The molecule has 1 amide bonds. The van der Waals surface area contributed by atoms with Gasteiger partial charge in [-0.05, 0) is 124 Å². The van der Waals surface area contributed by atoms with E-state index in [4.69, 9.17) is 16.3 Å². The van der Waals surface area contributed by atoms with E-state index >= 15 is 0 Å². The summed E-state index contributed by atoms with van der Waals surface area (Å²) in [5, 5.41) is 16.9. The van der Waals surface area contributed by atoms with Gasteiger partial charge in [0.2, 0.25) is 0 Å². The van der Waals surface area contributed by atoms with Crippen molar-refractivity contribution in [1.82, 2.24) is 19.5 Å². The molecule has 0 saturated carbocycles. The third kappa shape index (κ3) is 9.47. The number of nitro benzene ring substituents is 1. The number of halogens is 1. The Bertz CT molecular complexity index is 2510. The summed E-state index contributed by atoms with van der Waals surface area (Å²) >= 11 is 6.22. The van der Waals surface area contributed by atoms with Crippen molar-refractivity contribution in [3.05, 3.63) is 123 Å². The topological polar surface area (TPSA) is 153 Å². The lowest BCUT2D eigenvalue weighted by molar-refractivity contribution is -0.384. The lowest BCUT2D eigenvalue weighted by atomic mass is 9.95. The molecule has 2 saturated heterocycles. The number of sulfonamides is 1. The second-order valence-electron chi connectivity index (χ2n) is 16.0. The first-order chi connectivity index (χ1) is 29.0. The van der Waals surface area contributed by atoms with Gasteiger partial charge in [0.15, 0.2) is 0 Å². The number of carbonyl (C=O) groups excluding carboxylic acids is 1. The maximum Gasteiger partial charge on any atom is 0.293 e. The Hall–Kier alpha value is -5.41. The molecule has 314 valence electrons. The fraction of sp³-hybridized carbons (Fsp3) is 0.356. The predicted molar refractivity (Wildman–Crippen MR) is 237 cm³/mol. The van der Waals surface area contributed by atoms with Crippen molar-refractivity contribution in [2.45, 2.75) is 55.9 Å². The number of nitrogens with zero attached hydrogens (tertiary/aromatic N) is 4. The monoisotopic (exact) mass is 851 g/mol. The summed E-state index contributed by atoms with van der Waals surface area (Å²) in [4.78, 5) is 35.2. The number of hydrogen-bond donors (Lipinski definition) is 3. The van der Waals surface area contributed by atoms with E-state index in [1.54, 1.807) is 24.4 Å². The zero-order valence-corrected chi connectivity index (χ0v) is 35.2. The van der Waals surface area contributed by atoms with Crippen molar-refractivity contribution >= 4 is 61.1 Å². The van der Waals surface area contributed by atoms with Gasteiger partial charge in [-0.2, -0.15) is 0 Å². The van der Waals surface area contributed by atoms with E-state index in [1.807, 2.05) is 43.4 Å². The maximum absolute atomic E-state index is 14.0. The Kier molecular flexibility index (Phi) is 12.4. The number of piperazine rings is 1. The minimum Gasteiger partial charge on any atom is -0.456 e. The van der Waals surface area contributed by atoms with E-state index in [0.717, 1.165) is 99.2 Å². The van der Waals surface area contributed by atoms with E-state index in [0.29, 0.717) is 5.75 Å². The van der Waals surface area contributed by atoms with Crippen LogP contribution in [0.15, 0.2) is 102 Å². The summed E-state index contributed by atoms with van der Waals surface area (Å²) in [6.45, 7) is 5.79. The third-order valence-corrected chi connectivity index (χ3v) is 13.5. The minimum atomic E-state index is -4.54. The third-order valence-electron chi connectivity index (χ3n) is 11.9. The molecule has 0 bridgehead atoms. The van der Waals surface area contributed by atoms with Crippen molar-refractivity contribution < 1.29 is 22.9 Å². The van der Waals surface area contributed by atoms with Crippen molar-refractivity contribution in [2.24, 2.45) is 0 Å². The number of nitro groups is 1. The number of amides is 1. The highest BCUT2D eigenvalue weighted by Gasteiger charge is 2.28. The van der Waals surface area contributed by atoms with Crippen molar-refractivity contribution in [3.8, 4) is 11.5 Å². The van der Waals surface area contributed by atoms with Crippen LogP contribution in [0.5, 0.6) is 11.5 Å². The minimum absolute atomic E-state index is 0.00131. The maximum atomic E-state index is 14.0. The fourth-order valence-electron chi connectivity index (χ4n) is 8.56. The molecule has 60 heavy (non-hydrogen) atoms. The van der Waals surface area contributed by atoms with Gasteiger partial charge in [-0.15, -0.1) is 0 Å². The van der Waals surface area contributed by atoms with Gasteiger partial charge in [0.25, 0.3) is 21.6 Å². The molecule has 3 aliphatic rings. The number of nitrogens with one attached hydrogen (secondary N) is 3. The van der Waals surface area contributed by atoms with Gasteiger partial charge in [-0.3, -0.25) is 19.8 Å². The number of H-pyrrole nitrogens is 1. The van der Waals surface area contributed by atoms with Gasteiger partial charge in [0, 0.05) is 78.7 Å². The molecule has 15 heteroatoms. The predicted octanol–water partition coefficient (Wildman–Crippen LogP) is 8.69. The Balaban J connectivity index is 1.02. The Morgan fingerprint density at radius 2 is 1.67 bits per heavy atom. The normalized spacial score (nSPS) is 17.4. The van der Waals surface area contributed by atoms with Crippen molar-refractivity contribution in [2.75, 3.05) is 63.1 Å². The Morgan fingerprint density at radius 3 is 2.43 bits per heavy atom. The van der Waals surface area contributed by atoms with Gasteiger partial charge in [0.05, 0.1) is 15.4 Å². The first-order valence-electron chi connectivity index (χ1n) is 20.6.